The lowest BCUT2D eigenvalue weighted by Crippen LogP contribution is -2.44. The van der Waals surface area contributed by atoms with Gasteiger partial charge in [-0.05, 0) is 38.0 Å². The molecule has 6 nitrogen and oxygen atoms in total. The molecule has 1 aromatic carbocycles. The van der Waals surface area contributed by atoms with E-state index < -0.39 is 21.8 Å². The molecule has 2 N–H and O–H groups in total. The summed E-state index contributed by atoms with van der Waals surface area (Å²) in [6.45, 7) is 2.56. The summed E-state index contributed by atoms with van der Waals surface area (Å²) in [5.41, 5.74) is 5.31. The molecule has 22 heavy (non-hydrogen) atoms. The van der Waals surface area contributed by atoms with Crippen molar-refractivity contribution in [1.82, 2.24) is 4.31 Å². The SMILES string of the molecule is CCOc1ccc(Cl)cc1S(=O)(=O)N1CCC[C@@H](C(N)=O)C1. The van der Waals surface area contributed by atoms with Gasteiger partial charge in [-0.3, -0.25) is 4.79 Å². The first-order valence-corrected chi connectivity index (χ1v) is 8.90. The molecule has 1 aliphatic rings. The molecule has 1 saturated heterocycles. The van der Waals surface area contributed by atoms with Crippen LogP contribution in [0.15, 0.2) is 23.1 Å². The molecule has 0 unspecified atom stereocenters. The lowest BCUT2D eigenvalue weighted by atomic mass is 9.99. The Labute approximate surface area is 135 Å². The molecule has 1 fully saturated rings. The number of piperidine rings is 1. The first-order valence-electron chi connectivity index (χ1n) is 7.08. The molecule has 0 aliphatic carbocycles. The molecule has 0 bridgehead atoms. The summed E-state index contributed by atoms with van der Waals surface area (Å²) in [5, 5.41) is 0.311. The number of halogens is 1. The Hall–Kier alpha value is -1.31. The number of carbonyl (C=O) groups excluding carboxylic acids is 1. The second-order valence-electron chi connectivity index (χ2n) is 5.13. The molecule has 122 valence electrons. The standard InChI is InChI=1S/C14H19ClN2O4S/c1-2-21-12-6-5-11(15)8-13(12)22(19,20)17-7-3-4-10(9-17)14(16)18/h5-6,8,10H,2-4,7,9H2,1H3,(H2,16,18)/t10-/m1/s1. The maximum absolute atomic E-state index is 12.8. The van der Waals surface area contributed by atoms with E-state index in [0.29, 0.717) is 31.0 Å². The Balaban J connectivity index is 2.37. The van der Waals surface area contributed by atoms with E-state index >= 15 is 0 Å². The number of primary amides is 1. The average molecular weight is 347 g/mol. The van der Waals surface area contributed by atoms with Crippen molar-refractivity contribution in [2.24, 2.45) is 11.7 Å². The van der Waals surface area contributed by atoms with Gasteiger partial charge in [-0.15, -0.1) is 0 Å². The summed E-state index contributed by atoms with van der Waals surface area (Å²) >= 11 is 5.93. The van der Waals surface area contributed by atoms with Crippen molar-refractivity contribution in [2.45, 2.75) is 24.7 Å². The van der Waals surface area contributed by atoms with E-state index in [2.05, 4.69) is 0 Å². The van der Waals surface area contributed by atoms with Crippen molar-refractivity contribution in [3.8, 4) is 5.75 Å². The largest absolute Gasteiger partial charge is 0.492 e. The van der Waals surface area contributed by atoms with Gasteiger partial charge in [0, 0.05) is 18.1 Å². The predicted molar refractivity (Wildman–Crippen MR) is 83.3 cm³/mol. The van der Waals surface area contributed by atoms with E-state index in [-0.39, 0.29) is 17.2 Å². The third kappa shape index (κ3) is 3.53. The zero-order valence-corrected chi connectivity index (χ0v) is 13.9. The zero-order valence-electron chi connectivity index (χ0n) is 12.3. The van der Waals surface area contributed by atoms with Gasteiger partial charge in [-0.25, -0.2) is 8.42 Å². The third-order valence-electron chi connectivity index (χ3n) is 3.61. The molecule has 0 radical (unpaired) electrons. The van der Waals surface area contributed by atoms with E-state index in [4.69, 9.17) is 22.1 Å². The van der Waals surface area contributed by atoms with Gasteiger partial charge >= 0.3 is 0 Å². The van der Waals surface area contributed by atoms with Crippen LogP contribution in [0.1, 0.15) is 19.8 Å². The summed E-state index contributed by atoms with van der Waals surface area (Å²) in [6, 6.07) is 4.48. The van der Waals surface area contributed by atoms with Crippen molar-refractivity contribution in [1.29, 1.82) is 0 Å². The van der Waals surface area contributed by atoms with Crippen LogP contribution >= 0.6 is 11.6 Å². The fourth-order valence-electron chi connectivity index (χ4n) is 2.49. The highest BCUT2D eigenvalue weighted by atomic mass is 35.5. The molecular weight excluding hydrogens is 328 g/mol. The Morgan fingerprint density at radius 1 is 1.50 bits per heavy atom. The minimum atomic E-state index is -3.79. The quantitative estimate of drug-likeness (QED) is 0.877. The summed E-state index contributed by atoms with van der Waals surface area (Å²) < 4.78 is 32.3. The number of rotatable bonds is 5. The van der Waals surface area contributed by atoms with Gasteiger partial charge in [0.15, 0.2) is 0 Å². The van der Waals surface area contributed by atoms with Gasteiger partial charge in [0.2, 0.25) is 15.9 Å². The normalized spacial score (nSPS) is 19.8. The van der Waals surface area contributed by atoms with E-state index in [0.717, 1.165) is 0 Å². The van der Waals surface area contributed by atoms with Crippen LogP contribution < -0.4 is 10.5 Å². The number of sulfonamides is 1. The predicted octanol–water partition coefficient (Wildman–Crippen LogP) is 1.62. The molecule has 8 heteroatoms. The molecular formula is C14H19ClN2O4S. The van der Waals surface area contributed by atoms with Gasteiger partial charge in [0.1, 0.15) is 10.6 Å². The Kier molecular flexibility index (Phi) is 5.31. The van der Waals surface area contributed by atoms with Crippen LogP contribution in [0, 0.1) is 5.92 Å². The first kappa shape index (κ1) is 17.1. The van der Waals surface area contributed by atoms with Crippen LogP contribution in [0.25, 0.3) is 0 Å². The van der Waals surface area contributed by atoms with E-state index in [9.17, 15) is 13.2 Å². The van der Waals surface area contributed by atoms with Crippen molar-refractivity contribution in [3.63, 3.8) is 0 Å². The highest BCUT2D eigenvalue weighted by Crippen LogP contribution is 2.32. The smallest absolute Gasteiger partial charge is 0.246 e. The number of nitrogens with two attached hydrogens (primary N) is 1. The molecule has 1 heterocycles. The second kappa shape index (κ2) is 6.85. The Morgan fingerprint density at radius 3 is 2.86 bits per heavy atom. The summed E-state index contributed by atoms with van der Waals surface area (Å²) in [6.07, 6.45) is 1.20. The fourth-order valence-corrected chi connectivity index (χ4v) is 4.41. The number of nitrogens with zero attached hydrogens (tertiary/aromatic N) is 1. The lowest BCUT2D eigenvalue weighted by Gasteiger charge is -2.30. The van der Waals surface area contributed by atoms with Gasteiger partial charge in [-0.1, -0.05) is 11.6 Å². The van der Waals surface area contributed by atoms with Crippen molar-refractivity contribution >= 4 is 27.5 Å². The van der Waals surface area contributed by atoms with Crippen LogP contribution in [0.3, 0.4) is 0 Å². The maximum atomic E-state index is 12.8. The molecule has 1 aliphatic heterocycles. The summed E-state index contributed by atoms with van der Waals surface area (Å²) in [5.74, 6) is -0.678. The van der Waals surface area contributed by atoms with Gasteiger partial charge in [-0.2, -0.15) is 4.31 Å². The van der Waals surface area contributed by atoms with E-state index in [1.54, 1.807) is 13.0 Å². The summed E-state index contributed by atoms with van der Waals surface area (Å²) in [7, 11) is -3.79. The number of hydrogen-bond acceptors (Lipinski definition) is 4. The minimum Gasteiger partial charge on any atom is -0.492 e. The van der Waals surface area contributed by atoms with Crippen molar-refractivity contribution < 1.29 is 17.9 Å². The van der Waals surface area contributed by atoms with Gasteiger partial charge in [0.25, 0.3) is 0 Å². The van der Waals surface area contributed by atoms with Crippen molar-refractivity contribution in [2.75, 3.05) is 19.7 Å². The fraction of sp³-hybridized carbons (Fsp3) is 0.500. The van der Waals surface area contributed by atoms with Crippen LogP contribution in [-0.2, 0) is 14.8 Å². The van der Waals surface area contributed by atoms with Gasteiger partial charge in [0.05, 0.1) is 12.5 Å². The Bertz CT molecular complexity index is 663. The number of carbonyl (C=O) groups is 1. The maximum Gasteiger partial charge on any atom is 0.246 e. The van der Waals surface area contributed by atoms with Crippen LogP contribution in [0.4, 0.5) is 0 Å². The minimum absolute atomic E-state index is 0.0203. The molecule has 2 rings (SSSR count). The third-order valence-corrected chi connectivity index (χ3v) is 5.73. The topological polar surface area (TPSA) is 89.7 Å². The van der Waals surface area contributed by atoms with Crippen molar-refractivity contribution in [3.05, 3.63) is 23.2 Å². The average Bonchev–Trinajstić information content (AvgIpc) is 2.49. The molecule has 1 atom stereocenters. The molecule has 1 aromatic rings. The van der Waals surface area contributed by atoms with Crippen LogP contribution in [0.2, 0.25) is 5.02 Å². The first-order chi connectivity index (χ1) is 10.4. The van der Waals surface area contributed by atoms with Crippen LogP contribution in [-0.4, -0.2) is 38.3 Å². The van der Waals surface area contributed by atoms with Gasteiger partial charge < -0.3 is 10.5 Å². The van der Waals surface area contributed by atoms with E-state index in [1.807, 2.05) is 0 Å². The number of benzene rings is 1. The highest BCUT2D eigenvalue weighted by Gasteiger charge is 2.34. The molecule has 0 aromatic heterocycles. The molecule has 0 saturated carbocycles. The highest BCUT2D eigenvalue weighted by molar-refractivity contribution is 7.89. The monoisotopic (exact) mass is 346 g/mol. The molecule has 0 spiro atoms. The summed E-state index contributed by atoms with van der Waals surface area (Å²) in [4.78, 5) is 11.4. The Morgan fingerprint density at radius 2 is 2.23 bits per heavy atom. The number of amides is 1. The van der Waals surface area contributed by atoms with E-state index in [1.165, 1.54) is 16.4 Å². The van der Waals surface area contributed by atoms with Crippen LogP contribution in [0.5, 0.6) is 5.75 Å². The lowest BCUT2D eigenvalue weighted by molar-refractivity contribution is -0.122. The second-order valence-corrected chi connectivity index (χ2v) is 7.47. The zero-order chi connectivity index (χ0) is 16.3. The number of ether oxygens (including phenoxy) is 1. The number of hydrogen-bond donors (Lipinski definition) is 1. The molecule has 1 amide bonds.